The van der Waals surface area contributed by atoms with E-state index in [4.69, 9.17) is 5.73 Å². The lowest BCUT2D eigenvalue weighted by Gasteiger charge is -2.41. The van der Waals surface area contributed by atoms with E-state index in [0.29, 0.717) is 30.0 Å². The van der Waals surface area contributed by atoms with Gasteiger partial charge in [0.1, 0.15) is 0 Å². The number of primary amides is 1. The van der Waals surface area contributed by atoms with E-state index in [9.17, 15) is 9.59 Å². The first-order valence-corrected chi connectivity index (χ1v) is 15.1. The highest BCUT2D eigenvalue weighted by Crippen LogP contribution is 2.46. The number of nitrogens with one attached hydrogen (secondary N) is 1. The largest absolute Gasteiger partial charge is 0.367 e. The average Bonchev–Trinajstić information content (AvgIpc) is 3.40. The molecule has 0 radical (unpaired) electrons. The Balaban J connectivity index is 1.20. The number of fused-ring (bicyclic) bond motifs is 3. The molecule has 8 heteroatoms. The molecule has 1 aliphatic carbocycles. The van der Waals surface area contributed by atoms with E-state index in [1.807, 2.05) is 53.4 Å². The van der Waals surface area contributed by atoms with Gasteiger partial charge in [0.25, 0.3) is 5.91 Å². The molecule has 8 nitrogen and oxygen atoms in total. The molecule has 2 fully saturated rings. The van der Waals surface area contributed by atoms with E-state index < -0.39 is 6.03 Å². The van der Waals surface area contributed by atoms with Crippen LogP contribution < -0.4 is 20.9 Å². The number of urea groups is 1. The second-order valence-corrected chi connectivity index (χ2v) is 11.4. The molecule has 3 aliphatic rings. The number of anilines is 3. The van der Waals surface area contributed by atoms with E-state index in [1.54, 1.807) is 0 Å². The highest BCUT2D eigenvalue weighted by molar-refractivity contribution is 6.04. The summed E-state index contributed by atoms with van der Waals surface area (Å²) in [6, 6.07) is 32.2. The van der Waals surface area contributed by atoms with Gasteiger partial charge in [-0.25, -0.2) is 4.79 Å². The second kappa shape index (κ2) is 11.6. The Bertz CT molecular complexity index is 1600. The Morgan fingerprint density at radius 2 is 1.33 bits per heavy atom. The first kappa shape index (κ1) is 27.2. The van der Waals surface area contributed by atoms with E-state index in [1.165, 1.54) is 27.2 Å². The first-order valence-electron chi connectivity index (χ1n) is 15.1. The van der Waals surface area contributed by atoms with Crippen molar-refractivity contribution < 1.29 is 9.59 Å². The van der Waals surface area contributed by atoms with E-state index in [-0.39, 0.29) is 11.9 Å². The Morgan fingerprint density at radius 3 is 1.95 bits per heavy atom. The summed E-state index contributed by atoms with van der Waals surface area (Å²) in [5.74, 6) is -0.0323. The van der Waals surface area contributed by atoms with Crippen LogP contribution in [-0.4, -0.2) is 74.1 Å². The van der Waals surface area contributed by atoms with Crippen molar-refractivity contribution in [3.63, 3.8) is 0 Å². The fourth-order valence-corrected chi connectivity index (χ4v) is 6.86. The fraction of sp³-hybridized carbons (Fsp3) is 0.257. The van der Waals surface area contributed by atoms with Gasteiger partial charge >= 0.3 is 6.03 Å². The predicted octanol–water partition coefficient (Wildman–Crippen LogP) is 4.84. The van der Waals surface area contributed by atoms with Gasteiger partial charge in [-0.05, 0) is 52.6 Å². The van der Waals surface area contributed by atoms with Gasteiger partial charge < -0.3 is 20.9 Å². The van der Waals surface area contributed by atoms with Crippen molar-refractivity contribution in [2.24, 2.45) is 5.73 Å². The maximum Gasteiger partial charge on any atom is 0.323 e. The molecule has 0 unspecified atom stereocenters. The fourth-order valence-electron chi connectivity index (χ4n) is 6.86. The van der Waals surface area contributed by atoms with Gasteiger partial charge in [0, 0.05) is 57.9 Å². The maximum atomic E-state index is 13.5. The Morgan fingerprint density at radius 1 is 0.721 bits per heavy atom. The second-order valence-electron chi connectivity index (χ2n) is 11.4. The summed E-state index contributed by atoms with van der Waals surface area (Å²) in [4.78, 5) is 34.8. The number of amides is 3. The molecular weight excluding hydrogens is 536 g/mol. The minimum Gasteiger partial charge on any atom is -0.367 e. The van der Waals surface area contributed by atoms with Crippen LogP contribution in [-0.2, 0) is 0 Å². The molecule has 0 spiro atoms. The Kier molecular flexibility index (Phi) is 7.30. The molecule has 2 aliphatic heterocycles. The van der Waals surface area contributed by atoms with E-state index in [2.05, 4.69) is 63.6 Å². The zero-order valence-electron chi connectivity index (χ0n) is 24.2. The van der Waals surface area contributed by atoms with Gasteiger partial charge in [0.05, 0.1) is 23.1 Å². The number of nitrogens with zero attached hydrogens (tertiary/aromatic N) is 4. The lowest BCUT2D eigenvalue weighted by atomic mass is 10.0. The molecule has 2 saturated heterocycles. The lowest BCUT2D eigenvalue weighted by molar-refractivity contribution is 0.0736. The number of rotatable bonds is 5. The topological polar surface area (TPSA) is 85.1 Å². The normalized spacial score (nSPS) is 16.9. The minimum absolute atomic E-state index is 0.0323. The van der Waals surface area contributed by atoms with Gasteiger partial charge in [-0.3, -0.25) is 14.6 Å². The molecule has 7 rings (SSSR count). The molecule has 0 atom stereocenters. The first-order chi connectivity index (χ1) is 21.1. The van der Waals surface area contributed by atoms with Crippen molar-refractivity contribution in [1.29, 1.82) is 0 Å². The molecule has 43 heavy (non-hydrogen) atoms. The van der Waals surface area contributed by atoms with Crippen LogP contribution in [0.4, 0.5) is 21.9 Å². The molecule has 0 aromatic heterocycles. The zero-order chi connectivity index (χ0) is 29.3. The van der Waals surface area contributed by atoms with Gasteiger partial charge in [0.2, 0.25) is 0 Å². The third kappa shape index (κ3) is 5.02. The quantitative estimate of drug-likeness (QED) is 0.358. The number of carbonyl (C=O) groups excluding carboxylic acids is 2. The van der Waals surface area contributed by atoms with Gasteiger partial charge in [0.15, 0.2) is 0 Å². The summed E-state index contributed by atoms with van der Waals surface area (Å²) in [5.41, 5.74) is 14.1. The van der Waals surface area contributed by atoms with Crippen molar-refractivity contribution >= 4 is 29.0 Å². The highest BCUT2D eigenvalue weighted by atomic mass is 16.2. The molecule has 0 saturated carbocycles. The molecule has 0 bridgehead atoms. The summed E-state index contributed by atoms with van der Waals surface area (Å²) in [6.45, 7) is 6.13. The number of piperazine rings is 2. The monoisotopic (exact) mass is 572 g/mol. The number of hydrogen-bond acceptors (Lipinski definition) is 5. The number of carbonyl (C=O) groups is 2. The van der Waals surface area contributed by atoms with E-state index >= 15 is 0 Å². The van der Waals surface area contributed by atoms with Crippen molar-refractivity contribution in [2.45, 2.75) is 6.04 Å². The van der Waals surface area contributed by atoms with Crippen LogP contribution in [0.15, 0.2) is 97.1 Å². The highest BCUT2D eigenvalue weighted by Gasteiger charge is 2.35. The van der Waals surface area contributed by atoms with E-state index in [0.717, 1.165) is 45.0 Å². The van der Waals surface area contributed by atoms with Gasteiger partial charge in [-0.1, -0.05) is 66.7 Å². The summed E-state index contributed by atoms with van der Waals surface area (Å²) in [6.07, 6.45) is 0. The number of benzene rings is 4. The summed E-state index contributed by atoms with van der Waals surface area (Å²) in [7, 11) is 0. The molecule has 2 heterocycles. The number of hydrogen-bond donors (Lipinski definition) is 2. The number of para-hydroxylation sites is 1. The van der Waals surface area contributed by atoms with Crippen molar-refractivity contribution in [2.75, 3.05) is 62.2 Å². The van der Waals surface area contributed by atoms with Crippen molar-refractivity contribution in [1.82, 2.24) is 15.1 Å². The van der Waals surface area contributed by atoms with Crippen LogP contribution in [0.5, 0.6) is 0 Å². The van der Waals surface area contributed by atoms with Crippen molar-refractivity contribution in [3.8, 4) is 11.1 Å². The molecule has 3 N–H and O–H groups in total. The predicted molar refractivity (Wildman–Crippen MR) is 171 cm³/mol. The van der Waals surface area contributed by atoms with Crippen LogP contribution >= 0.6 is 0 Å². The van der Waals surface area contributed by atoms with Crippen LogP contribution in [0.25, 0.3) is 11.1 Å². The van der Waals surface area contributed by atoms with Crippen LogP contribution in [0.1, 0.15) is 27.5 Å². The zero-order valence-corrected chi connectivity index (χ0v) is 24.2. The molecule has 4 aromatic carbocycles. The number of nitrogens with two attached hydrogens (primary N) is 1. The maximum absolute atomic E-state index is 13.5. The SMILES string of the molecule is NC(=O)N(c1ccccc1)c1cc(C(=O)N2CCNCC2)ccc1N1CCN(C2c3ccccc3-c3ccccc32)CC1. The third-order valence-electron chi connectivity index (χ3n) is 8.92. The summed E-state index contributed by atoms with van der Waals surface area (Å²) in [5, 5.41) is 3.30. The lowest BCUT2D eigenvalue weighted by Crippen LogP contribution is -2.48. The van der Waals surface area contributed by atoms with Crippen LogP contribution in [0.3, 0.4) is 0 Å². The standard InChI is InChI=1S/C35H36N6O2/c36-35(43)41(26-8-2-1-3-9-26)32-24-25(34(42)40-18-16-37-17-19-40)14-15-31(32)38-20-22-39(23-21-38)33-29-12-6-4-10-27(29)28-11-5-7-13-30(28)33/h1-15,24,33,37H,16-23H2,(H2,36,43). The van der Waals surface area contributed by atoms with Gasteiger partial charge in [-0.15, -0.1) is 0 Å². The third-order valence-corrected chi connectivity index (χ3v) is 8.92. The smallest absolute Gasteiger partial charge is 0.323 e. The molecule has 3 amide bonds. The average molecular weight is 573 g/mol. The Labute approximate surface area is 252 Å². The minimum atomic E-state index is -0.586. The van der Waals surface area contributed by atoms with Crippen LogP contribution in [0.2, 0.25) is 0 Å². The molecule has 4 aromatic rings. The Hall–Kier alpha value is -4.66. The molecular formula is C35H36N6O2. The summed E-state index contributed by atoms with van der Waals surface area (Å²) < 4.78 is 0. The summed E-state index contributed by atoms with van der Waals surface area (Å²) >= 11 is 0. The van der Waals surface area contributed by atoms with Crippen molar-refractivity contribution in [3.05, 3.63) is 114 Å². The van der Waals surface area contributed by atoms with Gasteiger partial charge in [-0.2, -0.15) is 0 Å². The molecule has 218 valence electrons. The van der Waals surface area contributed by atoms with Crippen LogP contribution in [0, 0.1) is 0 Å².